The minimum Gasteiger partial charge on any atom is -0.335 e. The summed E-state index contributed by atoms with van der Waals surface area (Å²) in [7, 11) is 0. The third kappa shape index (κ3) is 3.59. The first-order chi connectivity index (χ1) is 12.8. The van der Waals surface area contributed by atoms with Crippen LogP contribution in [0.4, 0.5) is 0 Å². The van der Waals surface area contributed by atoms with E-state index in [1.54, 1.807) is 23.1 Å². The predicted octanol–water partition coefficient (Wildman–Crippen LogP) is 5.50. The number of aromatic nitrogens is 1. The molecule has 3 heterocycles. The van der Waals surface area contributed by atoms with E-state index in [0.717, 1.165) is 35.0 Å². The van der Waals surface area contributed by atoms with Gasteiger partial charge in [-0.2, -0.15) is 0 Å². The third-order valence-corrected chi connectivity index (χ3v) is 7.68. The number of benzene rings is 1. The Morgan fingerprint density at radius 2 is 2.12 bits per heavy atom. The van der Waals surface area contributed by atoms with Gasteiger partial charge in [-0.3, -0.25) is 4.79 Å². The van der Waals surface area contributed by atoms with Crippen LogP contribution in [0.3, 0.4) is 0 Å². The summed E-state index contributed by atoms with van der Waals surface area (Å²) in [5.74, 6) is 0.674. The zero-order valence-electron chi connectivity index (χ0n) is 14.6. The lowest BCUT2D eigenvalue weighted by Gasteiger charge is -2.35. The molecule has 0 fully saturated rings. The summed E-state index contributed by atoms with van der Waals surface area (Å²) < 4.78 is 0.957. The van der Waals surface area contributed by atoms with Crippen LogP contribution in [0.5, 0.6) is 0 Å². The van der Waals surface area contributed by atoms with Gasteiger partial charge in [0.1, 0.15) is 0 Å². The highest BCUT2D eigenvalue weighted by Crippen LogP contribution is 2.36. The minimum absolute atomic E-state index is 0.218. The third-order valence-electron chi connectivity index (χ3n) is 4.67. The molecular weight excluding hydrogens is 380 g/mol. The van der Waals surface area contributed by atoms with Gasteiger partial charge in [-0.1, -0.05) is 49.0 Å². The number of carbonyl (C=O) groups excluding carboxylic acids is 1. The van der Waals surface area contributed by atoms with Crippen molar-refractivity contribution in [2.45, 2.75) is 30.1 Å². The summed E-state index contributed by atoms with van der Waals surface area (Å²) in [5, 5.41) is 4.21. The Hall–Kier alpha value is -1.63. The second-order valence-corrected chi connectivity index (χ2v) is 9.29. The Morgan fingerprint density at radius 1 is 1.27 bits per heavy atom. The van der Waals surface area contributed by atoms with Crippen LogP contribution in [0.25, 0.3) is 11.3 Å². The van der Waals surface area contributed by atoms with Crippen molar-refractivity contribution < 1.29 is 4.79 Å². The molecular formula is C20H20N2OS3. The molecule has 1 aliphatic rings. The van der Waals surface area contributed by atoms with Crippen LogP contribution in [0.1, 0.15) is 29.8 Å². The van der Waals surface area contributed by atoms with E-state index in [9.17, 15) is 4.79 Å². The lowest BCUT2D eigenvalue weighted by molar-refractivity contribution is -0.131. The fourth-order valence-electron chi connectivity index (χ4n) is 3.41. The molecule has 26 heavy (non-hydrogen) atoms. The number of hydrogen-bond donors (Lipinski definition) is 0. The van der Waals surface area contributed by atoms with Crippen molar-refractivity contribution in [1.29, 1.82) is 0 Å². The monoisotopic (exact) mass is 400 g/mol. The maximum atomic E-state index is 12.8. The standard InChI is InChI=1S/C20H20N2OS3/c1-2-17-15-9-11-24-18(15)8-10-22(17)19(23)13-26-20-21-16(12-25-20)14-6-4-3-5-7-14/h3-7,9,11-12,17H,2,8,10,13H2,1H3. The van der Waals surface area contributed by atoms with Gasteiger partial charge in [0, 0.05) is 22.4 Å². The fourth-order valence-corrected chi connectivity index (χ4v) is 6.06. The molecule has 1 atom stereocenters. The van der Waals surface area contributed by atoms with Crippen LogP contribution >= 0.6 is 34.4 Å². The van der Waals surface area contributed by atoms with Crippen molar-refractivity contribution in [3.8, 4) is 11.3 Å². The largest absolute Gasteiger partial charge is 0.335 e. The van der Waals surface area contributed by atoms with Gasteiger partial charge in [0.05, 0.1) is 17.5 Å². The van der Waals surface area contributed by atoms with Gasteiger partial charge in [-0.15, -0.1) is 22.7 Å². The van der Waals surface area contributed by atoms with Crippen molar-refractivity contribution in [3.05, 3.63) is 57.6 Å². The number of rotatable bonds is 5. The van der Waals surface area contributed by atoms with Gasteiger partial charge >= 0.3 is 0 Å². The van der Waals surface area contributed by atoms with Crippen LogP contribution < -0.4 is 0 Å². The molecule has 2 aromatic heterocycles. The summed E-state index contributed by atoms with van der Waals surface area (Å²) in [6.07, 6.45) is 1.95. The molecule has 1 aliphatic heterocycles. The zero-order valence-corrected chi connectivity index (χ0v) is 17.0. The molecule has 0 saturated heterocycles. The molecule has 4 rings (SSSR count). The molecule has 0 radical (unpaired) electrons. The highest BCUT2D eigenvalue weighted by molar-refractivity contribution is 8.01. The van der Waals surface area contributed by atoms with E-state index < -0.39 is 0 Å². The zero-order chi connectivity index (χ0) is 17.9. The highest BCUT2D eigenvalue weighted by Gasteiger charge is 2.30. The van der Waals surface area contributed by atoms with Crippen molar-refractivity contribution >= 4 is 40.3 Å². The lowest BCUT2D eigenvalue weighted by atomic mass is 9.98. The van der Waals surface area contributed by atoms with Gasteiger partial charge in [-0.25, -0.2) is 4.98 Å². The van der Waals surface area contributed by atoms with E-state index in [1.807, 2.05) is 29.5 Å². The quantitative estimate of drug-likeness (QED) is 0.530. The van der Waals surface area contributed by atoms with Crippen LogP contribution in [0.15, 0.2) is 51.5 Å². The molecule has 134 valence electrons. The molecule has 0 N–H and O–H groups in total. The molecule has 0 bridgehead atoms. The number of fused-ring (bicyclic) bond motifs is 1. The summed E-state index contributed by atoms with van der Waals surface area (Å²) >= 11 is 4.98. The number of thioether (sulfide) groups is 1. The number of thiazole rings is 1. The first-order valence-corrected chi connectivity index (χ1v) is 11.5. The number of nitrogens with zero attached hydrogens (tertiary/aromatic N) is 2. The molecule has 0 spiro atoms. The van der Waals surface area contributed by atoms with Crippen LogP contribution in [0.2, 0.25) is 0 Å². The Kier molecular flexibility index (Phi) is 5.43. The maximum Gasteiger partial charge on any atom is 0.233 e. The van der Waals surface area contributed by atoms with Gasteiger partial charge in [0.2, 0.25) is 5.91 Å². The molecule has 1 aromatic carbocycles. The summed E-state index contributed by atoms with van der Waals surface area (Å²) in [5.41, 5.74) is 3.45. The van der Waals surface area contributed by atoms with Crippen molar-refractivity contribution in [2.75, 3.05) is 12.3 Å². The summed E-state index contributed by atoms with van der Waals surface area (Å²) in [6.45, 7) is 3.00. The molecule has 0 saturated carbocycles. The van der Waals surface area contributed by atoms with Gasteiger partial charge < -0.3 is 4.90 Å². The number of thiophene rings is 1. The molecule has 1 amide bonds. The molecule has 1 unspecified atom stereocenters. The minimum atomic E-state index is 0.218. The van der Waals surface area contributed by atoms with Crippen molar-refractivity contribution in [1.82, 2.24) is 9.88 Å². The van der Waals surface area contributed by atoms with Gasteiger partial charge in [0.15, 0.2) is 4.34 Å². The van der Waals surface area contributed by atoms with Crippen LogP contribution in [-0.4, -0.2) is 28.1 Å². The SMILES string of the molecule is CCC1c2ccsc2CCN1C(=O)CSc1nc(-c2ccccc2)cs1. The van der Waals surface area contributed by atoms with E-state index in [4.69, 9.17) is 0 Å². The van der Waals surface area contributed by atoms with Crippen LogP contribution in [-0.2, 0) is 11.2 Å². The number of hydrogen-bond acceptors (Lipinski definition) is 5. The van der Waals surface area contributed by atoms with E-state index in [-0.39, 0.29) is 11.9 Å². The first kappa shape index (κ1) is 17.8. The first-order valence-electron chi connectivity index (χ1n) is 8.75. The Morgan fingerprint density at radius 3 is 2.92 bits per heavy atom. The molecule has 3 aromatic rings. The number of amides is 1. The van der Waals surface area contributed by atoms with Crippen molar-refractivity contribution in [2.24, 2.45) is 0 Å². The normalized spacial score (nSPS) is 16.5. The predicted molar refractivity (Wildman–Crippen MR) is 111 cm³/mol. The Labute approximate surface area is 166 Å². The van der Waals surface area contributed by atoms with E-state index in [2.05, 4.69) is 45.8 Å². The second-order valence-electron chi connectivity index (χ2n) is 6.21. The van der Waals surface area contributed by atoms with Crippen molar-refractivity contribution in [3.63, 3.8) is 0 Å². The van der Waals surface area contributed by atoms with E-state index >= 15 is 0 Å². The Balaban J connectivity index is 1.41. The lowest BCUT2D eigenvalue weighted by Crippen LogP contribution is -2.40. The summed E-state index contributed by atoms with van der Waals surface area (Å²) in [6, 6.07) is 12.6. The van der Waals surface area contributed by atoms with Gasteiger partial charge in [0.25, 0.3) is 0 Å². The molecule has 0 aliphatic carbocycles. The Bertz CT molecular complexity index is 887. The van der Waals surface area contributed by atoms with Crippen LogP contribution in [0, 0.1) is 0 Å². The maximum absolute atomic E-state index is 12.8. The average Bonchev–Trinajstić information content (AvgIpc) is 3.35. The van der Waals surface area contributed by atoms with E-state index in [0.29, 0.717) is 5.75 Å². The second kappa shape index (κ2) is 7.94. The molecule has 3 nitrogen and oxygen atoms in total. The number of carbonyl (C=O) groups is 1. The highest BCUT2D eigenvalue weighted by atomic mass is 32.2. The topological polar surface area (TPSA) is 33.2 Å². The fraction of sp³-hybridized carbons (Fsp3) is 0.300. The molecule has 6 heteroatoms. The summed E-state index contributed by atoms with van der Waals surface area (Å²) in [4.78, 5) is 21.0. The average molecular weight is 401 g/mol. The smallest absolute Gasteiger partial charge is 0.233 e. The van der Waals surface area contributed by atoms with E-state index in [1.165, 1.54) is 10.4 Å². The van der Waals surface area contributed by atoms with Gasteiger partial charge in [-0.05, 0) is 29.9 Å².